The van der Waals surface area contributed by atoms with Crippen molar-refractivity contribution in [3.8, 4) is 5.75 Å². The molecular weight excluding hydrogens is 278 g/mol. The summed E-state index contributed by atoms with van der Waals surface area (Å²) in [5.41, 5.74) is 1.07. The number of ether oxygens (including phenoxy) is 1. The van der Waals surface area contributed by atoms with Crippen LogP contribution in [0, 0.1) is 0 Å². The van der Waals surface area contributed by atoms with Gasteiger partial charge in [0.15, 0.2) is 6.61 Å². The van der Waals surface area contributed by atoms with Gasteiger partial charge in [-0.1, -0.05) is 30.3 Å². The van der Waals surface area contributed by atoms with Gasteiger partial charge in [-0.3, -0.25) is 4.79 Å². The topological polar surface area (TPSA) is 51.5 Å². The van der Waals surface area contributed by atoms with E-state index < -0.39 is 0 Å². The molecule has 112 valence electrons. The molecule has 22 heavy (non-hydrogen) atoms. The molecule has 0 spiro atoms. The van der Waals surface area contributed by atoms with E-state index in [1.165, 1.54) is 0 Å². The number of nitrogens with one attached hydrogen (secondary N) is 1. The first-order valence-corrected chi connectivity index (χ1v) is 7.21. The van der Waals surface area contributed by atoms with Crippen molar-refractivity contribution >= 4 is 16.7 Å². The second-order valence-electron chi connectivity index (χ2n) is 5.03. The summed E-state index contributed by atoms with van der Waals surface area (Å²) >= 11 is 0. The maximum Gasteiger partial charge on any atom is 0.257 e. The number of rotatable bonds is 6. The first-order valence-electron chi connectivity index (χ1n) is 7.21. The zero-order valence-electron chi connectivity index (χ0n) is 12.1. The molecule has 4 nitrogen and oxygen atoms in total. The predicted octanol–water partition coefficient (Wildman–Crippen LogP) is 3.17. The Kier molecular flexibility index (Phi) is 4.39. The third kappa shape index (κ3) is 3.67. The van der Waals surface area contributed by atoms with Gasteiger partial charge >= 0.3 is 0 Å². The summed E-state index contributed by atoms with van der Waals surface area (Å²) in [6.07, 6.45) is 4.05. The van der Waals surface area contributed by atoms with Gasteiger partial charge in [-0.05, 0) is 41.0 Å². The van der Waals surface area contributed by atoms with Gasteiger partial charge in [-0.25, -0.2) is 0 Å². The van der Waals surface area contributed by atoms with Gasteiger partial charge < -0.3 is 14.5 Å². The number of benzene rings is 2. The van der Waals surface area contributed by atoms with E-state index in [0.717, 1.165) is 22.8 Å². The van der Waals surface area contributed by atoms with Crippen molar-refractivity contribution in [2.24, 2.45) is 0 Å². The summed E-state index contributed by atoms with van der Waals surface area (Å²) in [5.74, 6) is 0.570. The standard InChI is InChI=1S/C18H17NO3/c20-18(19-9-7-14-8-10-21-12-14)13-22-17-6-5-15-3-1-2-4-16(15)11-17/h1-6,8,10-12H,7,9,13H2,(H,19,20). The SMILES string of the molecule is O=C(COc1ccc2ccccc2c1)NCCc1ccoc1. The van der Waals surface area contributed by atoms with E-state index in [1.54, 1.807) is 12.5 Å². The highest BCUT2D eigenvalue weighted by atomic mass is 16.5. The Bertz CT molecular complexity index is 750. The van der Waals surface area contributed by atoms with Crippen LogP contribution < -0.4 is 10.1 Å². The van der Waals surface area contributed by atoms with Gasteiger partial charge in [-0.15, -0.1) is 0 Å². The van der Waals surface area contributed by atoms with E-state index >= 15 is 0 Å². The van der Waals surface area contributed by atoms with Crippen molar-refractivity contribution in [1.82, 2.24) is 5.32 Å². The molecule has 4 heteroatoms. The van der Waals surface area contributed by atoms with E-state index in [-0.39, 0.29) is 12.5 Å². The Hall–Kier alpha value is -2.75. The van der Waals surface area contributed by atoms with Crippen LogP contribution in [-0.4, -0.2) is 19.1 Å². The van der Waals surface area contributed by atoms with Crippen LogP contribution in [-0.2, 0) is 11.2 Å². The van der Waals surface area contributed by atoms with Gasteiger partial charge in [0.05, 0.1) is 12.5 Å². The molecule has 1 heterocycles. The monoisotopic (exact) mass is 295 g/mol. The van der Waals surface area contributed by atoms with Crippen LogP contribution in [0.3, 0.4) is 0 Å². The van der Waals surface area contributed by atoms with Gasteiger partial charge in [0.1, 0.15) is 5.75 Å². The minimum Gasteiger partial charge on any atom is -0.484 e. The number of carbonyl (C=O) groups excluding carboxylic acids is 1. The number of amides is 1. The van der Waals surface area contributed by atoms with E-state index in [9.17, 15) is 4.79 Å². The first-order chi connectivity index (χ1) is 10.8. The maximum absolute atomic E-state index is 11.7. The molecule has 3 rings (SSSR count). The summed E-state index contributed by atoms with van der Waals surface area (Å²) < 4.78 is 10.5. The zero-order valence-corrected chi connectivity index (χ0v) is 12.1. The van der Waals surface area contributed by atoms with Crippen LogP contribution in [0.25, 0.3) is 10.8 Å². The Balaban J connectivity index is 1.47. The molecule has 1 N–H and O–H groups in total. The van der Waals surface area contributed by atoms with E-state index in [4.69, 9.17) is 9.15 Å². The molecule has 0 aliphatic carbocycles. The molecule has 0 radical (unpaired) electrons. The molecule has 0 unspecified atom stereocenters. The molecule has 0 bridgehead atoms. The Morgan fingerprint density at radius 3 is 2.77 bits per heavy atom. The molecule has 0 aliphatic heterocycles. The summed E-state index contributed by atoms with van der Waals surface area (Å²) in [6.45, 7) is 0.586. The number of hydrogen-bond donors (Lipinski definition) is 1. The van der Waals surface area contributed by atoms with Crippen LogP contribution in [0.1, 0.15) is 5.56 Å². The lowest BCUT2D eigenvalue weighted by molar-refractivity contribution is -0.123. The minimum atomic E-state index is -0.128. The molecule has 0 saturated heterocycles. The van der Waals surface area contributed by atoms with Gasteiger partial charge in [0.25, 0.3) is 5.91 Å². The molecular formula is C18H17NO3. The average molecular weight is 295 g/mol. The van der Waals surface area contributed by atoms with E-state index in [2.05, 4.69) is 5.32 Å². The number of hydrogen-bond acceptors (Lipinski definition) is 3. The fourth-order valence-corrected chi connectivity index (χ4v) is 2.24. The van der Waals surface area contributed by atoms with E-state index in [1.807, 2.05) is 48.5 Å². The molecule has 0 aliphatic rings. The van der Waals surface area contributed by atoms with E-state index in [0.29, 0.717) is 12.3 Å². The molecule has 1 aromatic heterocycles. The second-order valence-corrected chi connectivity index (χ2v) is 5.03. The predicted molar refractivity (Wildman–Crippen MR) is 84.9 cm³/mol. The second kappa shape index (κ2) is 6.80. The number of carbonyl (C=O) groups is 1. The van der Waals surface area contributed by atoms with Crippen molar-refractivity contribution < 1.29 is 13.9 Å². The molecule has 3 aromatic rings. The summed E-state index contributed by atoms with van der Waals surface area (Å²) in [4.78, 5) is 11.7. The molecule has 0 atom stereocenters. The smallest absolute Gasteiger partial charge is 0.257 e. The van der Waals surface area contributed by atoms with Crippen LogP contribution in [0.5, 0.6) is 5.75 Å². The average Bonchev–Trinajstić information content (AvgIpc) is 3.06. The Morgan fingerprint density at radius 2 is 1.95 bits per heavy atom. The van der Waals surface area contributed by atoms with Gasteiger partial charge in [0, 0.05) is 6.54 Å². The number of fused-ring (bicyclic) bond motifs is 1. The van der Waals surface area contributed by atoms with Gasteiger partial charge in [-0.2, -0.15) is 0 Å². The van der Waals surface area contributed by atoms with Crippen molar-refractivity contribution in [3.05, 3.63) is 66.6 Å². The number of furan rings is 1. The lowest BCUT2D eigenvalue weighted by atomic mass is 10.1. The molecule has 0 fully saturated rings. The molecule has 0 saturated carbocycles. The fourth-order valence-electron chi connectivity index (χ4n) is 2.24. The van der Waals surface area contributed by atoms with Crippen molar-refractivity contribution in [2.75, 3.05) is 13.2 Å². The highest BCUT2D eigenvalue weighted by molar-refractivity contribution is 5.84. The fraction of sp³-hybridized carbons (Fsp3) is 0.167. The van der Waals surface area contributed by atoms with Crippen molar-refractivity contribution in [1.29, 1.82) is 0 Å². The van der Waals surface area contributed by atoms with Crippen LogP contribution in [0.4, 0.5) is 0 Å². The quantitative estimate of drug-likeness (QED) is 0.760. The lowest BCUT2D eigenvalue weighted by Crippen LogP contribution is -2.30. The normalized spacial score (nSPS) is 10.5. The molecule has 1 amide bonds. The minimum absolute atomic E-state index is 0.0176. The van der Waals surface area contributed by atoms with Crippen LogP contribution in [0.15, 0.2) is 65.5 Å². The third-order valence-electron chi connectivity index (χ3n) is 3.41. The summed E-state index contributed by atoms with van der Waals surface area (Å²) in [7, 11) is 0. The lowest BCUT2D eigenvalue weighted by Gasteiger charge is -2.08. The highest BCUT2D eigenvalue weighted by Gasteiger charge is 2.03. The highest BCUT2D eigenvalue weighted by Crippen LogP contribution is 2.20. The van der Waals surface area contributed by atoms with Crippen molar-refractivity contribution in [3.63, 3.8) is 0 Å². The third-order valence-corrected chi connectivity index (χ3v) is 3.41. The first kappa shape index (κ1) is 14.2. The van der Waals surface area contributed by atoms with Gasteiger partial charge in [0.2, 0.25) is 0 Å². The Morgan fingerprint density at radius 1 is 1.09 bits per heavy atom. The molecule has 2 aromatic carbocycles. The zero-order chi connectivity index (χ0) is 15.2. The largest absolute Gasteiger partial charge is 0.484 e. The maximum atomic E-state index is 11.7. The Labute approximate surface area is 128 Å². The summed E-state index contributed by atoms with van der Waals surface area (Å²) in [5, 5.41) is 5.07. The summed E-state index contributed by atoms with van der Waals surface area (Å²) in [6, 6.07) is 15.7. The van der Waals surface area contributed by atoms with Crippen LogP contribution in [0.2, 0.25) is 0 Å². The van der Waals surface area contributed by atoms with Crippen LogP contribution >= 0.6 is 0 Å². The van der Waals surface area contributed by atoms with Crippen molar-refractivity contribution in [2.45, 2.75) is 6.42 Å².